The number of benzene rings is 2. The van der Waals surface area contributed by atoms with E-state index in [9.17, 15) is 18.7 Å². The highest BCUT2D eigenvalue weighted by Crippen LogP contribution is 2.30. The van der Waals surface area contributed by atoms with E-state index in [0.29, 0.717) is 11.4 Å². The Bertz CT molecular complexity index is 747. The van der Waals surface area contributed by atoms with Crippen molar-refractivity contribution in [1.82, 2.24) is 0 Å². The minimum Gasteiger partial charge on any atom is -0.490 e. The van der Waals surface area contributed by atoms with Crippen LogP contribution in [0.3, 0.4) is 0 Å². The molecule has 24 heavy (non-hydrogen) atoms. The molecule has 3 rings (SSSR count). The fourth-order valence-electron chi connectivity index (χ4n) is 2.29. The van der Waals surface area contributed by atoms with Gasteiger partial charge in [-0.3, -0.25) is 4.79 Å². The van der Waals surface area contributed by atoms with Crippen LogP contribution in [0.5, 0.6) is 5.75 Å². The largest absolute Gasteiger partial charge is 0.490 e. The lowest BCUT2D eigenvalue weighted by Crippen LogP contribution is -2.14. The van der Waals surface area contributed by atoms with Crippen LogP contribution in [0, 0.1) is 17.6 Å². The molecule has 1 amide bonds. The third-order valence-electron chi connectivity index (χ3n) is 3.77. The molecule has 0 radical (unpaired) electrons. The van der Waals surface area contributed by atoms with E-state index in [1.807, 2.05) is 0 Å². The van der Waals surface area contributed by atoms with Crippen molar-refractivity contribution in [1.29, 1.82) is 0 Å². The van der Waals surface area contributed by atoms with Crippen LogP contribution in [0.4, 0.5) is 14.5 Å². The molecule has 1 saturated carbocycles. The first-order valence-corrected chi connectivity index (χ1v) is 7.69. The van der Waals surface area contributed by atoms with Gasteiger partial charge in [-0.1, -0.05) is 6.07 Å². The van der Waals surface area contributed by atoms with Gasteiger partial charge in [0.15, 0.2) is 0 Å². The van der Waals surface area contributed by atoms with Gasteiger partial charge in [-0.15, -0.1) is 0 Å². The summed E-state index contributed by atoms with van der Waals surface area (Å²) in [5.41, 5.74) is 0.434. The second-order valence-electron chi connectivity index (χ2n) is 5.78. The topological polar surface area (TPSA) is 58.6 Å². The van der Waals surface area contributed by atoms with Crippen LogP contribution < -0.4 is 10.1 Å². The molecule has 0 aromatic heterocycles. The molecule has 1 aliphatic rings. The molecule has 2 aromatic carbocycles. The lowest BCUT2D eigenvalue weighted by Gasteiger charge is -2.14. The Balaban J connectivity index is 1.61. The standard InChI is InChI=1S/C18H17F2NO3/c19-12-6-7-16(20)15(8-12)17(22)10-24-14-3-1-2-13(9-14)21-18(23)11-4-5-11/h1-3,6-9,11,17,22H,4-5,10H2,(H,21,23). The van der Waals surface area contributed by atoms with Gasteiger partial charge in [0.25, 0.3) is 0 Å². The molecule has 4 nitrogen and oxygen atoms in total. The zero-order chi connectivity index (χ0) is 17.1. The monoisotopic (exact) mass is 333 g/mol. The van der Waals surface area contributed by atoms with Crippen LogP contribution in [-0.2, 0) is 4.79 Å². The van der Waals surface area contributed by atoms with Crippen LogP contribution in [0.2, 0.25) is 0 Å². The molecule has 6 heteroatoms. The number of carbonyl (C=O) groups excluding carboxylic acids is 1. The lowest BCUT2D eigenvalue weighted by atomic mass is 10.1. The van der Waals surface area contributed by atoms with Crippen molar-refractivity contribution in [2.75, 3.05) is 11.9 Å². The Labute approximate surface area is 138 Å². The predicted molar refractivity (Wildman–Crippen MR) is 84.6 cm³/mol. The fraction of sp³-hybridized carbons (Fsp3) is 0.278. The molecular weight excluding hydrogens is 316 g/mol. The molecule has 1 fully saturated rings. The SMILES string of the molecule is O=C(Nc1cccc(OCC(O)c2cc(F)ccc2F)c1)C1CC1. The van der Waals surface area contributed by atoms with Crippen molar-refractivity contribution in [3.63, 3.8) is 0 Å². The Morgan fingerprint density at radius 3 is 2.79 bits per heavy atom. The lowest BCUT2D eigenvalue weighted by molar-refractivity contribution is -0.117. The molecule has 0 heterocycles. The molecule has 1 unspecified atom stereocenters. The second kappa shape index (κ2) is 6.97. The van der Waals surface area contributed by atoms with Crippen molar-refractivity contribution in [3.05, 3.63) is 59.7 Å². The van der Waals surface area contributed by atoms with Gasteiger partial charge in [0, 0.05) is 23.2 Å². The van der Waals surface area contributed by atoms with Crippen LogP contribution in [-0.4, -0.2) is 17.6 Å². The summed E-state index contributed by atoms with van der Waals surface area (Å²) in [6.07, 6.45) is 0.520. The molecule has 0 aliphatic heterocycles. The number of carbonyl (C=O) groups is 1. The molecule has 2 aromatic rings. The Kier molecular flexibility index (Phi) is 4.76. The summed E-state index contributed by atoms with van der Waals surface area (Å²) >= 11 is 0. The fourth-order valence-corrected chi connectivity index (χ4v) is 2.29. The Morgan fingerprint density at radius 1 is 1.25 bits per heavy atom. The summed E-state index contributed by atoms with van der Waals surface area (Å²) in [4.78, 5) is 11.7. The number of aliphatic hydroxyl groups excluding tert-OH is 1. The van der Waals surface area contributed by atoms with E-state index < -0.39 is 17.7 Å². The van der Waals surface area contributed by atoms with E-state index in [-0.39, 0.29) is 24.0 Å². The van der Waals surface area contributed by atoms with Crippen LogP contribution in [0.15, 0.2) is 42.5 Å². The zero-order valence-electron chi connectivity index (χ0n) is 12.8. The number of nitrogens with one attached hydrogen (secondary N) is 1. The van der Waals surface area contributed by atoms with Gasteiger partial charge >= 0.3 is 0 Å². The van der Waals surface area contributed by atoms with Crippen molar-refractivity contribution in [3.8, 4) is 5.75 Å². The van der Waals surface area contributed by atoms with Crippen LogP contribution in [0.1, 0.15) is 24.5 Å². The van der Waals surface area contributed by atoms with Gasteiger partial charge in [-0.25, -0.2) is 8.78 Å². The maximum Gasteiger partial charge on any atom is 0.227 e. The molecular formula is C18H17F2NO3. The van der Waals surface area contributed by atoms with E-state index in [4.69, 9.17) is 4.74 Å². The molecule has 126 valence electrons. The van der Waals surface area contributed by atoms with Crippen molar-refractivity contribution in [2.45, 2.75) is 18.9 Å². The average Bonchev–Trinajstić information content (AvgIpc) is 3.40. The number of ether oxygens (including phenoxy) is 1. The molecule has 0 bridgehead atoms. The number of hydrogen-bond acceptors (Lipinski definition) is 3. The summed E-state index contributed by atoms with van der Waals surface area (Å²) in [5.74, 6) is -0.839. The Morgan fingerprint density at radius 2 is 2.04 bits per heavy atom. The highest BCUT2D eigenvalue weighted by Gasteiger charge is 2.29. The summed E-state index contributed by atoms with van der Waals surface area (Å²) in [7, 11) is 0. The number of aliphatic hydroxyl groups is 1. The van der Waals surface area contributed by atoms with Crippen LogP contribution >= 0.6 is 0 Å². The third-order valence-corrected chi connectivity index (χ3v) is 3.77. The van der Waals surface area contributed by atoms with E-state index in [1.54, 1.807) is 24.3 Å². The predicted octanol–water partition coefficient (Wildman–Crippen LogP) is 3.43. The summed E-state index contributed by atoms with van der Waals surface area (Å²) in [6.45, 7) is -0.236. The normalized spacial score (nSPS) is 15.0. The second-order valence-corrected chi connectivity index (χ2v) is 5.78. The number of amides is 1. The quantitative estimate of drug-likeness (QED) is 0.851. The molecule has 2 N–H and O–H groups in total. The van der Waals surface area contributed by atoms with Gasteiger partial charge in [-0.05, 0) is 43.2 Å². The number of rotatable bonds is 6. The highest BCUT2D eigenvalue weighted by atomic mass is 19.1. The number of halogens is 2. The maximum absolute atomic E-state index is 13.6. The summed E-state index contributed by atoms with van der Waals surface area (Å²) in [5, 5.41) is 12.8. The maximum atomic E-state index is 13.6. The van der Waals surface area contributed by atoms with Gasteiger partial charge in [0.2, 0.25) is 5.91 Å². The van der Waals surface area contributed by atoms with Crippen molar-refractivity contribution >= 4 is 11.6 Å². The first kappa shape index (κ1) is 16.4. The van der Waals surface area contributed by atoms with Crippen molar-refractivity contribution < 1.29 is 23.4 Å². The minimum absolute atomic E-state index is 0.0194. The van der Waals surface area contributed by atoms with Gasteiger partial charge in [0.1, 0.15) is 30.1 Å². The van der Waals surface area contributed by atoms with Crippen molar-refractivity contribution in [2.24, 2.45) is 5.92 Å². The van der Waals surface area contributed by atoms with Gasteiger partial charge in [0.05, 0.1) is 0 Å². The van der Waals surface area contributed by atoms with Gasteiger partial charge in [-0.2, -0.15) is 0 Å². The van der Waals surface area contributed by atoms with E-state index >= 15 is 0 Å². The number of hydrogen-bond donors (Lipinski definition) is 2. The Hall–Kier alpha value is -2.47. The molecule has 1 aliphatic carbocycles. The minimum atomic E-state index is -1.30. The zero-order valence-corrected chi connectivity index (χ0v) is 12.8. The molecule has 1 atom stereocenters. The highest BCUT2D eigenvalue weighted by molar-refractivity contribution is 5.94. The molecule has 0 spiro atoms. The van der Waals surface area contributed by atoms with E-state index in [1.165, 1.54) is 0 Å². The summed E-state index contributed by atoms with van der Waals surface area (Å²) in [6, 6.07) is 9.59. The van der Waals surface area contributed by atoms with Crippen LogP contribution in [0.25, 0.3) is 0 Å². The smallest absolute Gasteiger partial charge is 0.227 e. The average molecular weight is 333 g/mol. The van der Waals surface area contributed by atoms with E-state index in [2.05, 4.69) is 5.32 Å². The van der Waals surface area contributed by atoms with Gasteiger partial charge < -0.3 is 15.2 Å². The van der Waals surface area contributed by atoms with E-state index in [0.717, 1.165) is 31.0 Å². The summed E-state index contributed by atoms with van der Waals surface area (Å²) < 4.78 is 32.2. The first-order valence-electron chi connectivity index (χ1n) is 7.69. The number of anilines is 1. The first-order chi connectivity index (χ1) is 11.5. The molecule has 0 saturated heterocycles. The third kappa shape index (κ3) is 4.08.